The van der Waals surface area contributed by atoms with Gasteiger partial charge in [-0.25, -0.2) is 0 Å². The smallest absolute Gasteiger partial charge is 0.254 e. The molecule has 116 valence electrons. The third-order valence-corrected chi connectivity index (χ3v) is 3.66. The average Bonchev–Trinajstić information content (AvgIpc) is 3.05. The third-order valence-electron chi connectivity index (χ3n) is 3.66. The SMILES string of the molecule is CC(C)c1nc([C@@H]2COCCN2C(=O)c2ccccc2)no1. The zero-order chi connectivity index (χ0) is 15.5. The highest BCUT2D eigenvalue weighted by atomic mass is 16.5. The number of amides is 1. The standard InChI is InChI=1S/C16H19N3O3/c1-11(2)15-17-14(18-22-15)13-10-21-9-8-19(13)16(20)12-6-4-3-5-7-12/h3-7,11,13H,8-10H2,1-2H3/t13-/m0/s1. The van der Waals surface area contributed by atoms with E-state index in [-0.39, 0.29) is 17.9 Å². The van der Waals surface area contributed by atoms with E-state index in [2.05, 4.69) is 10.1 Å². The van der Waals surface area contributed by atoms with Crippen molar-refractivity contribution < 1.29 is 14.1 Å². The molecule has 0 aliphatic carbocycles. The number of morpholine rings is 1. The molecule has 1 aromatic carbocycles. The third kappa shape index (κ3) is 2.87. The van der Waals surface area contributed by atoms with Crippen molar-refractivity contribution in [2.24, 2.45) is 0 Å². The lowest BCUT2D eigenvalue weighted by Crippen LogP contribution is -2.43. The van der Waals surface area contributed by atoms with Crippen LogP contribution in [0.3, 0.4) is 0 Å². The summed E-state index contributed by atoms with van der Waals surface area (Å²) in [4.78, 5) is 18.9. The van der Waals surface area contributed by atoms with Gasteiger partial charge < -0.3 is 14.2 Å². The first-order chi connectivity index (χ1) is 10.7. The van der Waals surface area contributed by atoms with Crippen LogP contribution in [0.4, 0.5) is 0 Å². The van der Waals surface area contributed by atoms with Crippen molar-refractivity contribution in [2.75, 3.05) is 19.8 Å². The molecule has 6 nitrogen and oxygen atoms in total. The predicted molar refractivity (Wildman–Crippen MR) is 79.4 cm³/mol. The molecular weight excluding hydrogens is 282 g/mol. The molecule has 1 aromatic heterocycles. The van der Waals surface area contributed by atoms with Gasteiger partial charge in [0.25, 0.3) is 5.91 Å². The molecule has 1 atom stereocenters. The molecule has 0 saturated carbocycles. The van der Waals surface area contributed by atoms with Crippen molar-refractivity contribution in [2.45, 2.75) is 25.8 Å². The summed E-state index contributed by atoms with van der Waals surface area (Å²) in [6.07, 6.45) is 0. The first-order valence-electron chi connectivity index (χ1n) is 7.44. The van der Waals surface area contributed by atoms with Crippen LogP contribution in [0.15, 0.2) is 34.9 Å². The van der Waals surface area contributed by atoms with E-state index in [1.54, 1.807) is 4.90 Å². The Bertz CT molecular complexity index is 639. The summed E-state index contributed by atoms with van der Waals surface area (Å²) in [7, 11) is 0. The van der Waals surface area contributed by atoms with Crippen molar-refractivity contribution in [1.29, 1.82) is 0 Å². The predicted octanol–water partition coefficient (Wildman–Crippen LogP) is 2.41. The van der Waals surface area contributed by atoms with E-state index < -0.39 is 0 Å². The Kier molecular flexibility index (Phi) is 4.20. The van der Waals surface area contributed by atoms with Gasteiger partial charge in [0.15, 0.2) is 5.82 Å². The molecule has 1 fully saturated rings. The first-order valence-corrected chi connectivity index (χ1v) is 7.44. The Morgan fingerprint density at radius 3 is 2.77 bits per heavy atom. The number of ether oxygens (including phenoxy) is 1. The van der Waals surface area contributed by atoms with Crippen molar-refractivity contribution in [1.82, 2.24) is 15.0 Å². The number of nitrogens with zero attached hydrogens (tertiary/aromatic N) is 3. The fraction of sp³-hybridized carbons (Fsp3) is 0.438. The monoisotopic (exact) mass is 301 g/mol. The van der Waals surface area contributed by atoms with Gasteiger partial charge in [0.2, 0.25) is 5.89 Å². The van der Waals surface area contributed by atoms with Crippen LogP contribution in [0, 0.1) is 0 Å². The maximum atomic E-state index is 12.7. The van der Waals surface area contributed by atoms with Gasteiger partial charge in [0.1, 0.15) is 6.04 Å². The quantitative estimate of drug-likeness (QED) is 0.870. The minimum Gasteiger partial charge on any atom is -0.377 e. The Hall–Kier alpha value is -2.21. The molecule has 2 aromatic rings. The fourth-order valence-electron chi connectivity index (χ4n) is 2.42. The summed E-state index contributed by atoms with van der Waals surface area (Å²) in [5, 5.41) is 4.03. The van der Waals surface area contributed by atoms with Crippen LogP contribution in [0.1, 0.15) is 47.9 Å². The van der Waals surface area contributed by atoms with E-state index in [9.17, 15) is 4.79 Å². The lowest BCUT2D eigenvalue weighted by molar-refractivity contribution is -0.00576. The Balaban J connectivity index is 1.86. The van der Waals surface area contributed by atoms with E-state index in [0.29, 0.717) is 37.0 Å². The normalized spacial score (nSPS) is 18.7. The van der Waals surface area contributed by atoms with Gasteiger partial charge in [-0.3, -0.25) is 4.79 Å². The average molecular weight is 301 g/mol. The molecule has 1 saturated heterocycles. The number of aromatic nitrogens is 2. The molecule has 0 N–H and O–H groups in total. The minimum absolute atomic E-state index is 0.0372. The summed E-state index contributed by atoms with van der Waals surface area (Å²) in [6.45, 7) is 5.40. The highest BCUT2D eigenvalue weighted by molar-refractivity contribution is 5.94. The molecule has 0 radical (unpaired) electrons. The van der Waals surface area contributed by atoms with Crippen molar-refractivity contribution in [3.05, 3.63) is 47.6 Å². The lowest BCUT2D eigenvalue weighted by Gasteiger charge is -2.33. The van der Waals surface area contributed by atoms with Gasteiger partial charge in [-0.2, -0.15) is 4.98 Å². The van der Waals surface area contributed by atoms with Gasteiger partial charge in [-0.15, -0.1) is 0 Å². The zero-order valence-corrected chi connectivity index (χ0v) is 12.7. The molecule has 1 aliphatic rings. The number of hydrogen-bond acceptors (Lipinski definition) is 5. The van der Waals surface area contributed by atoms with Gasteiger partial charge in [0.05, 0.1) is 13.2 Å². The Labute approximate surface area is 129 Å². The molecule has 1 aliphatic heterocycles. The van der Waals surface area contributed by atoms with Gasteiger partial charge in [-0.05, 0) is 12.1 Å². The molecule has 0 unspecified atom stereocenters. The largest absolute Gasteiger partial charge is 0.377 e. The summed E-state index contributed by atoms with van der Waals surface area (Å²) in [6, 6.07) is 8.91. The van der Waals surface area contributed by atoms with Crippen LogP contribution in [0.2, 0.25) is 0 Å². The van der Waals surface area contributed by atoms with E-state index in [1.165, 1.54) is 0 Å². The van der Waals surface area contributed by atoms with Crippen LogP contribution in [0.25, 0.3) is 0 Å². The number of carbonyl (C=O) groups excluding carboxylic acids is 1. The molecule has 2 heterocycles. The highest BCUT2D eigenvalue weighted by Crippen LogP contribution is 2.25. The molecule has 0 bridgehead atoms. The Morgan fingerprint density at radius 2 is 2.09 bits per heavy atom. The maximum Gasteiger partial charge on any atom is 0.254 e. The summed E-state index contributed by atoms with van der Waals surface area (Å²) in [5.74, 6) is 1.20. The summed E-state index contributed by atoms with van der Waals surface area (Å²) in [5.41, 5.74) is 0.655. The van der Waals surface area contributed by atoms with Crippen LogP contribution in [-0.2, 0) is 4.74 Å². The minimum atomic E-state index is -0.308. The molecule has 6 heteroatoms. The maximum absolute atomic E-state index is 12.7. The first kappa shape index (κ1) is 14.7. The van der Waals surface area contributed by atoms with Crippen molar-refractivity contribution in [3.63, 3.8) is 0 Å². The molecule has 1 amide bonds. The second-order valence-electron chi connectivity index (χ2n) is 5.60. The fourth-order valence-corrected chi connectivity index (χ4v) is 2.42. The second-order valence-corrected chi connectivity index (χ2v) is 5.60. The van der Waals surface area contributed by atoms with E-state index >= 15 is 0 Å². The summed E-state index contributed by atoms with van der Waals surface area (Å²) >= 11 is 0. The highest BCUT2D eigenvalue weighted by Gasteiger charge is 2.32. The van der Waals surface area contributed by atoms with E-state index in [4.69, 9.17) is 9.26 Å². The molecule has 3 rings (SSSR count). The van der Waals surface area contributed by atoms with Gasteiger partial charge in [0, 0.05) is 18.0 Å². The van der Waals surface area contributed by atoms with Crippen LogP contribution in [-0.4, -0.2) is 40.7 Å². The van der Waals surface area contributed by atoms with Crippen molar-refractivity contribution in [3.8, 4) is 0 Å². The number of rotatable bonds is 3. The van der Waals surface area contributed by atoms with E-state index in [0.717, 1.165) is 0 Å². The molecule has 22 heavy (non-hydrogen) atoms. The van der Waals surface area contributed by atoms with Crippen molar-refractivity contribution >= 4 is 5.91 Å². The topological polar surface area (TPSA) is 68.5 Å². The summed E-state index contributed by atoms with van der Waals surface area (Å²) < 4.78 is 10.8. The van der Waals surface area contributed by atoms with E-state index in [1.807, 2.05) is 44.2 Å². The second kappa shape index (κ2) is 6.27. The van der Waals surface area contributed by atoms with Crippen LogP contribution >= 0.6 is 0 Å². The van der Waals surface area contributed by atoms with Gasteiger partial charge in [-0.1, -0.05) is 37.2 Å². The number of hydrogen-bond donors (Lipinski definition) is 0. The van der Waals surface area contributed by atoms with Crippen LogP contribution in [0.5, 0.6) is 0 Å². The number of benzene rings is 1. The Morgan fingerprint density at radius 1 is 1.32 bits per heavy atom. The zero-order valence-electron chi connectivity index (χ0n) is 12.7. The lowest BCUT2D eigenvalue weighted by atomic mass is 10.1. The number of carbonyl (C=O) groups is 1. The molecular formula is C16H19N3O3. The molecule has 0 spiro atoms. The van der Waals surface area contributed by atoms with Crippen LogP contribution < -0.4 is 0 Å². The van der Waals surface area contributed by atoms with Gasteiger partial charge >= 0.3 is 0 Å².